The third-order valence-corrected chi connectivity index (χ3v) is 5.31. The van der Waals surface area contributed by atoms with Crippen LogP contribution in [-0.4, -0.2) is 29.0 Å². The summed E-state index contributed by atoms with van der Waals surface area (Å²) in [4.78, 5) is 0.0793. The number of nitrogens with zero attached hydrogens (tertiary/aromatic N) is 3. The molecule has 0 aliphatic carbocycles. The standard InChI is InChI=1S/C15H19F2N3O2S/c1-4-19(9-12-5-6-14(16)15(17)7-12)23(21,22)13-8-18-20(10-13)11(2)3/h5-8,10-11H,4,9H2,1-3H3. The monoisotopic (exact) mass is 343 g/mol. The predicted octanol–water partition coefficient (Wildman–Crippen LogP) is 2.95. The lowest BCUT2D eigenvalue weighted by Crippen LogP contribution is -2.30. The summed E-state index contributed by atoms with van der Waals surface area (Å²) in [5.41, 5.74) is 0.380. The Kier molecular flexibility index (Phi) is 5.16. The minimum absolute atomic E-state index is 0.0388. The van der Waals surface area contributed by atoms with Gasteiger partial charge in [0.05, 0.1) is 6.20 Å². The molecule has 1 heterocycles. The van der Waals surface area contributed by atoms with E-state index in [1.165, 1.54) is 22.8 Å². The van der Waals surface area contributed by atoms with E-state index in [9.17, 15) is 17.2 Å². The van der Waals surface area contributed by atoms with Crippen LogP contribution in [0.4, 0.5) is 8.78 Å². The number of aromatic nitrogens is 2. The van der Waals surface area contributed by atoms with Crippen molar-refractivity contribution in [3.05, 3.63) is 47.8 Å². The first-order chi connectivity index (χ1) is 10.8. The van der Waals surface area contributed by atoms with Crippen molar-refractivity contribution in [1.29, 1.82) is 0 Å². The minimum Gasteiger partial charge on any atom is -0.269 e. The van der Waals surface area contributed by atoms with Crippen molar-refractivity contribution >= 4 is 10.0 Å². The zero-order chi connectivity index (χ0) is 17.2. The van der Waals surface area contributed by atoms with Gasteiger partial charge in [-0.2, -0.15) is 9.40 Å². The van der Waals surface area contributed by atoms with Gasteiger partial charge in [-0.3, -0.25) is 4.68 Å². The number of hydrogen-bond donors (Lipinski definition) is 0. The highest BCUT2D eigenvalue weighted by Crippen LogP contribution is 2.20. The zero-order valence-corrected chi connectivity index (χ0v) is 14.0. The molecule has 126 valence electrons. The molecule has 0 aliphatic rings. The molecule has 0 aliphatic heterocycles. The molecule has 23 heavy (non-hydrogen) atoms. The van der Waals surface area contributed by atoms with Crippen LogP contribution in [0.15, 0.2) is 35.5 Å². The van der Waals surface area contributed by atoms with Crippen molar-refractivity contribution in [2.24, 2.45) is 0 Å². The summed E-state index contributed by atoms with van der Waals surface area (Å²) in [5.74, 6) is -1.96. The van der Waals surface area contributed by atoms with Crippen molar-refractivity contribution in [2.45, 2.75) is 38.3 Å². The summed E-state index contributed by atoms with van der Waals surface area (Å²) in [6.07, 6.45) is 2.76. The summed E-state index contributed by atoms with van der Waals surface area (Å²) in [5, 5.41) is 4.03. The molecule has 5 nitrogen and oxygen atoms in total. The van der Waals surface area contributed by atoms with E-state index < -0.39 is 21.7 Å². The molecule has 0 unspecified atom stereocenters. The first-order valence-corrected chi connectivity index (χ1v) is 8.68. The molecule has 0 saturated heterocycles. The van der Waals surface area contributed by atoms with Crippen LogP contribution in [0, 0.1) is 11.6 Å². The quantitative estimate of drug-likeness (QED) is 0.810. The summed E-state index contributed by atoms with van der Waals surface area (Å²) in [7, 11) is -3.75. The van der Waals surface area contributed by atoms with Crippen molar-refractivity contribution in [3.8, 4) is 0 Å². The van der Waals surface area contributed by atoms with E-state index in [0.29, 0.717) is 5.56 Å². The smallest absolute Gasteiger partial charge is 0.246 e. The molecule has 2 rings (SSSR count). The number of hydrogen-bond acceptors (Lipinski definition) is 3. The maximum atomic E-state index is 13.3. The lowest BCUT2D eigenvalue weighted by molar-refractivity contribution is 0.420. The number of sulfonamides is 1. The highest BCUT2D eigenvalue weighted by molar-refractivity contribution is 7.89. The fraction of sp³-hybridized carbons (Fsp3) is 0.400. The molecule has 0 bridgehead atoms. The van der Waals surface area contributed by atoms with E-state index in [4.69, 9.17) is 0 Å². The summed E-state index contributed by atoms with van der Waals surface area (Å²) in [6, 6.07) is 3.40. The van der Waals surface area contributed by atoms with Crippen LogP contribution in [0.3, 0.4) is 0 Å². The second-order valence-electron chi connectivity index (χ2n) is 5.43. The van der Waals surface area contributed by atoms with E-state index in [-0.39, 0.29) is 24.0 Å². The first-order valence-electron chi connectivity index (χ1n) is 7.24. The van der Waals surface area contributed by atoms with Gasteiger partial charge in [0.25, 0.3) is 0 Å². The van der Waals surface area contributed by atoms with Gasteiger partial charge in [-0.05, 0) is 31.5 Å². The molecule has 0 N–H and O–H groups in total. The normalized spacial score (nSPS) is 12.3. The molecule has 0 radical (unpaired) electrons. The Balaban J connectivity index is 2.28. The Hall–Kier alpha value is -1.80. The Morgan fingerprint density at radius 2 is 1.96 bits per heavy atom. The largest absolute Gasteiger partial charge is 0.269 e. The van der Waals surface area contributed by atoms with E-state index in [2.05, 4.69) is 5.10 Å². The number of benzene rings is 1. The molecule has 2 aromatic rings. The maximum Gasteiger partial charge on any atom is 0.246 e. The van der Waals surface area contributed by atoms with Gasteiger partial charge in [-0.1, -0.05) is 13.0 Å². The van der Waals surface area contributed by atoms with Crippen molar-refractivity contribution in [3.63, 3.8) is 0 Å². The van der Waals surface area contributed by atoms with Crippen LogP contribution < -0.4 is 0 Å². The molecular formula is C15H19F2N3O2S. The van der Waals surface area contributed by atoms with Gasteiger partial charge in [-0.25, -0.2) is 17.2 Å². The summed E-state index contributed by atoms with van der Waals surface area (Å²) >= 11 is 0. The van der Waals surface area contributed by atoms with Crippen LogP contribution in [0.25, 0.3) is 0 Å². The first kappa shape index (κ1) is 17.6. The number of rotatable bonds is 6. The Morgan fingerprint density at radius 1 is 1.26 bits per heavy atom. The average Bonchev–Trinajstić information content (AvgIpc) is 2.99. The van der Waals surface area contributed by atoms with E-state index in [1.54, 1.807) is 11.6 Å². The molecular weight excluding hydrogens is 324 g/mol. The zero-order valence-electron chi connectivity index (χ0n) is 13.2. The Morgan fingerprint density at radius 3 is 2.48 bits per heavy atom. The van der Waals surface area contributed by atoms with Gasteiger partial charge in [-0.15, -0.1) is 0 Å². The molecule has 0 spiro atoms. The maximum absolute atomic E-state index is 13.3. The lowest BCUT2D eigenvalue weighted by Gasteiger charge is -2.19. The van der Waals surface area contributed by atoms with Crippen molar-refractivity contribution in [2.75, 3.05) is 6.54 Å². The molecule has 1 aromatic heterocycles. The minimum atomic E-state index is -3.75. The Bertz CT molecular complexity index is 788. The van der Waals surface area contributed by atoms with Crippen molar-refractivity contribution < 1.29 is 17.2 Å². The van der Waals surface area contributed by atoms with Gasteiger partial charge in [0.2, 0.25) is 10.0 Å². The lowest BCUT2D eigenvalue weighted by atomic mass is 10.2. The molecule has 0 amide bonds. The van der Waals surface area contributed by atoms with Crippen LogP contribution in [0.2, 0.25) is 0 Å². The van der Waals surface area contributed by atoms with Gasteiger partial charge >= 0.3 is 0 Å². The van der Waals surface area contributed by atoms with Gasteiger partial charge in [0.15, 0.2) is 11.6 Å². The molecule has 1 aromatic carbocycles. The summed E-state index contributed by atoms with van der Waals surface area (Å²) < 4.78 is 54.3. The third-order valence-electron chi connectivity index (χ3n) is 3.44. The van der Waals surface area contributed by atoms with Gasteiger partial charge in [0.1, 0.15) is 4.90 Å². The molecule has 8 heteroatoms. The molecule has 0 atom stereocenters. The molecule has 0 saturated carbocycles. The fourth-order valence-electron chi connectivity index (χ4n) is 2.09. The van der Waals surface area contributed by atoms with E-state index in [0.717, 1.165) is 12.1 Å². The highest BCUT2D eigenvalue weighted by Gasteiger charge is 2.25. The molecule has 0 fully saturated rings. The van der Waals surface area contributed by atoms with E-state index in [1.807, 2.05) is 13.8 Å². The SMILES string of the molecule is CCN(Cc1ccc(F)c(F)c1)S(=O)(=O)c1cnn(C(C)C)c1. The van der Waals surface area contributed by atoms with Crippen LogP contribution in [0.1, 0.15) is 32.4 Å². The van der Waals surface area contributed by atoms with Gasteiger partial charge < -0.3 is 0 Å². The Labute approximate surface area is 134 Å². The highest BCUT2D eigenvalue weighted by atomic mass is 32.2. The average molecular weight is 343 g/mol. The summed E-state index contributed by atoms with van der Waals surface area (Å²) in [6.45, 7) is 5.63. The predicted molar refractivity (Wildman–Crippen MR) is 82.2 cm³/mol. The number of halogens is 2. The van der Waals surface area contributed by atoms with Crippen LogP contribution in [-0.2, 0) is 16.6 Å². The second-order valence-corrected chi connectivity index (χ2v) is 7.37. The van der Waals surface area contributed by atoms with Crippen molar-refractivity contribution in [1.82, 2.24) is 14.1 Å². The van der Waals surface area contributed by atoms with Crippen LogP contribution in [0.5, 0.6) is 0 Å². The topological polar surface area (TPSA) is 55.2 Å². The van der Waals surface area contributed by atoms with E-state index >= 15 is 0 Å². The van der Waals surface area contributed by atoms with Gasteiger partial charge in [0, 0.05) is 25.3 Å². The fourth-order valence-corrected chi connectivity index (χ4v) is 3.47. The second kappa shape index (κ2) is 6.76. The third kappa shape index (κ3) is 3.76. The van der Waals surface area contributed by atoms with Crippen LogP contribution >= 0.6 is 0 Å².